The van der Waals surface area contributed by atoms with E-state index in [1.54, 1.807) is 59.9 Å². The van der Waals surface area contributed by atoms with Crippen LogP contribution < -0.4 is 4.18 Å². The molecule has 5 nitrogen and oxygen atoms in total. The molecule has 0 saturated carbocycles. The van der Waals surface area contributed by atoms with Crippen LogP contribution in [0.15, 0.2) is 82.6 Å². The summed E-state index contributed by atoms with van der Waals surface area (Å²) in [6, 6.07) is 20.9. The van der Waals surface area contributed by atoms with Gasteiger partial charge in [0.1, 0.15) is 12.4 Å². The van der Waals surface area contributed by atoms with E-state index in [2.05, 4.69) is 0 Å². The molecular weight excluding hydrogens is 464 g/mol. The molecule has 2 unspecified atom stereocenters. The van der Waals surface area contributed by atoms with Crippen molar-refractivity contribution in [2.45, 2.75) is 22.3 Å². The van der Waals surface area contributed by atoms with E-state index >= 15 is 0 Å². The number of thioether (sulfide) groups is 2. The maximum absolute atomic E-state index is 13.3. The minimum atomic E-state index is -2.20. The Balaban J connectivity index is 1.84. The van der Waals surface area contributed by atoms with Crippen LogP contribution in [0.4, 0.5) is 0 Å². The first-order valence-electron chi connectivity index (χ1n) is 9.71. The average molecular weight is 489 g/mol. The minimum Gasteiger partial charge on any atom is -0.380 e. The van der Waals surface area contributed by atoms with Crippen LogP contribution in [0.2, 0.25) is 0 Å². The van der Waals surface area contributed by atoms with Gasteiger partial charge in [-0.25, -0.2) is 0 Å². The van der Waals surface area contributed by atoms with E-state index in [0.29, 0.717) is 16.9 Å². The third-order valence-electron chi connectivity index (χ3n) is 4.84. The zero-order valence-electron chi connectivity index (χ0n) is 17.9. The summed E-state index contributed by atoms with van der Waals surface area (Å²) >= 11 is 0.903. The molecular formula is C24H24O5S3. The summed E-state index contributed by atoms with van der Waals surface area (Å²) in [5, 5.41) is 11.5. The van der Waals surface area contributed by atoms with Crippen LogP contribution in [0.1, 0.15) is 21.5 Å². The second-order valence-corrected chi connectivity index (χ2v) is 9.58. The molecule has 8 heteroatoms. The van der Waals surface area contributed by atoms with Crippen LogP contribution in [-0.4, -0.2) is 34.2 Å². The van der Waals surface area contributed by atoms with Gasteiger partial charge in [0, 0.05) is 15.4 Å². The third-order valence-corrected chi connectivity index (χ3v) is 6.97. The zero-order valence-corrected chi connectivity index (χ0v) is 20.4. The normalized spacial score (nSPS) is 13.9. The summed E-state index contributed by atoms with van der Waals surface area (Å²) in [4.78, 5) is 15.3. The van der Waals surface area contributed by atoms with Crippen molar-refractivity contribution in [1.82, 2.24) is 0 Å². The number of hydrogen-bond acceptors (Lipinski definition) is 7. The highest BCUT2D eigenvalue weighted by Crippen LogP contribution is 2.30. The summed E-state index contributed by atoms with van der Waals surface area (Å²) in [5.74, 6) is -0.185. The van der Waals surface area contributed by atoms with Gasteiger partial charge in [-0.1, -0.05) is 42.0 Å². The molecule has 32 heavy (non-hydrogen) atoms. The fourth-order valence-electron chi connectivity index (χ4n) is 2.96. The van der Waals surface area contributed by atoms with Crippen molar-refractivity contribution in [3.8, 4) is 5.75 Å². The Morgan fingerprint density at radius 1 is 0.906 bits per heavy atom. The standard InChI is InChI=1S/C24H24O5S3/c1-17-4-10-20(11-5-17)29-32(27)28-16-24(26,19-8-14-22(31-3)15-9-19)23(25)18-6-12-21(30-2)13-7-18/h4-15,26H,16H2,1-3H3. The Morgan fingerprint density at radius 3 is 1.97 bits per heavy atom. The second kappa shape index (κ2) is 11.2. The quantitative estimate of drug-likeness (QED) is 0.311. The Kier molecular flexibility index (Phi) is 8.56. The first kappa shape index (κ1) is 24.5. The molecule has 0 heterocycles. The zero-order chi connectivity index (χ0) is 23.1. The van der Waals surface area contributed by atoms with Gasteiger partial charge in [-0.05, 0) is 61.4 Å². The summed E-state index contributed by atoms with van der Waals surface area (Å²) < 4.78 is 22.9. The Hall–Kier alpha value is -2.10. The topological polar surface area (TPSA) is 72.8 Å². The molecule has 3 aromatic carbocycles. The lowest BCUT2D eigenvalue weighted by Crippen LogP contribution is -2.41. The van der Waals surface area contributed by atoms with E-state index in [1.807, 2.05) is 55.8 Å². The first-order valence-corrected chi connectivity index (χ1v) is 13.2. The number of ketones is 1. The number of aliphatic hydroxyl groups is 1. The summed E-state index contributed by atoms with van der Waals surface area (Å²) in [6.45, 7) is 1.39. The molecule has 168 valence electrons. The van der Waals surface area contributed by atoms with Gasteiger partial charge in [0.2, 0.25) is 5.78 Å². The van der Waals surface area contributed by atoms with E-state index in [4.69, 9.17) is 8.37 Å². The van der Waals surface area contributed by atoms with Crippen LogP contribution in [0.25, 0.3) is 0 Å². The fraction of sp³-hybridized carbons (Fsp3) is 0.208. The van der Waals surface area contributed by atoms with Crippen molar-refractivity contribution in [1.29, 1.82) is 0 Å². The molecule has 0 spiro atoms. The molecule has 0 fully saturated rings. The maximum atomic E-state index is 13.3. The number of rotatable bonds is 10. The van der Waals surface area contributed by atoms with Crippen molar-refractivity contribution in [3.05, 3.63) is 89.5 Å². The van der Waals surface area contributed by atoms with Crippen LogP contribution in [-0.2, 0) is 21.1 Å². The summed E-state index contributed by atoms with van der Waals surface area (Å²) in [7, 11) is 0. The van der Waals surface area contributed by atoms with E-state index in [-0.39, 0.29) is 0 Å². The van der Waals surface area contributed by atoms with Crippen molar-refractivity contribution < 1.29 is 22.5 Å². The lowest BCUT2D eigenvalue weighted by molar-refractivity contribution is 0.00397. The number of hydrogen-bond donors (Lipinski definition) is 1. The van der Waals surface area contributed by atoms with Crippen LogP contribution in [0, 0.1) is 6.92 Å². The highest BCUT2D eigenvalue weighted by molar-refractivity contribution is 7.98. The van der Waals surface area contributed by atoms with E-state index < -0.39 is 29.4 Å². The van der Waals surface area contributed by atoms with E-state index in [0.717, 1.165) is 15.4 Å². The average Bonchev–Trinajstić information content (AvgIpc) is 2.83. The molecule has 1 N–H and O–H groups in total. The van der Waals surface area contributed by atoms with Gasteiger partial charge < -0.3 is 9.29 Å². The van der Waals surface area contributed by atoms with Crippen molar-refractivity contribution >= 4 is 40.7 Å². The van der Waals surface area contributed by atoms with Crippen LogP contribution in [0.3, 0.4) is 0 Å². The predicted octanol–water partition coefficient (Wildman–Crippen LogP) is 5.18. The monoisotopic (exact) mass is 488 g/mol. The van der Waals surface area contributed by atoms with Gasteiger partial charge in [0.25, 0.3) is 0 Å². The largest absolute Gasteiger partial charge is 0.380 e. The summed E-state index contributed by atoms with van der Waals surface area (Å²) in [5.41, 5.74) is -0.329. The van der Waals surface area contributed by atoms with E-state index in [9.17, 15) is 14.1 Å². The first-order chi connectivity index (χ1) is 15.4. The second-order valence-electron chi connectivity index (χ2n) is 7.01. The Bertz CT molecular complexity index is 1070. The molecule has 0 aliphatic carbocycles. The smallest absolute Gasteiger partial charge is 0.360 e. The van der Waals surface area contributed by atoms with Gasteiger partial charge in [-0.2, -0.15) is 4.21 Å². The molecule has 0 aliphatic heterocycles. The Morgan fingerprint density at radius 2 is 1.44 bits per heavy atom. The lowest BCUT2D eigenvalue weighted by Gasteiger charge is -2.26. The molecule has 0 saturated heterocycles. The molecule has 2 atom stereocenters. The lowest BCUT2D eigenvalue weighted by atomic mass is 9.86. The van der Waals surface area contributed by atoms with E-state index in [1.165, 1.54) is 0 Å². The number of aryl methyl sites for hydroxylation is 1. The van der Waals surface area contributed by atoms with Gasteiger partial charge in [0.15, 0.2) is 5.60 Å². The van der Waals surface area contributed by atoms with Crippen LogP contribution in [0.5, 0.6) is 5.75 Å². The predicted molar refractivity (Wildman–Crippen MR) is 131 cm³/mol. The number of benzene rings is 3. The number of carbonyl (C=O) groups excluding carboxylic acids is 1. The van der Waals surface area contributed by atoms with Gasteiger partial charge in [0.05, 0.1) is 0 Å². The SMILES string of the molecule is CSc1ccc(C(=O)C(O)(COS(=O)Oc2ccc(C)cc2)c2ccc(SC)cc2)cc1. The van der Waals surface area contributed by atoms with Gasteiger partial charge in [-0.3, -0.25) is 8.98 Å². The van der Waals surface area contributed by atoms with Gasteiger partial charge in [-0.15, -0.1) is 23.5 Å². The maximum Gasteiger partial charge on any atom is 0.360 e. The van der Waals surface area contributed by atoms with Crippen molar-refractivity contribution in [3.63, 3.8) is 0 Å². The van der Waals surface area contributed by atoms with Crippen molar-refractivity contribution in [2.75, 3.05) is 19.1 Å². The third kappa shape index (κ3) is 6.02. The highest BCUT2D eigenvalue weighted by atomic mass is 32.2. The molecule has 0 amide bonds. The molecule has 0 aromatic heterocycles. The number of carbonyl (C=O) groups is 1. The minimum absolute atomic E-state index is 0.327. The van der Waals surface area contributed by atoms with Gasteiger partial charge >= 0.3 is 11.4 Å². The van der Waals surface area contributed by atoms with Crippen LogP contribution >= 0.6 is 23.5 Å². The fourth-order valence-corrected chi connectivity index (χ4v) is 4.36. The highest BCUT2D eigenvalue weighted by Gasteiger charge is 2.40. The molecule has 3 aromatic rings. The molecule has 3 rings (SSSR count). The molecule has 0 bridgehead atoms. The number of Topliss-reactive ketones (excluding diaryl/α,β-unsaturated/α-hetero) is 1. The molecule has 0 radical (unpaired) electrons. The molecule has 0 aliphatic rings. The van der Waals surface area contributed by atoms with Crippen molar-refractivity contribution in [2.24, 2.45) is 0 Å². The summed E-state index contributed by atoms with van der Waals surface area (Å²) in [6.07, 6.45) is 3.88. The Labute approximate surface area is 199 Å².